The Labute approximate surface area is 94.6 Å². The van der Waals surface area contributed by atoms with Crippen LogP contribution in [0.15, 0.2) is 0 Å². The number of rotatable bonds is 4. The lowest BCUT2D eigenvalue weighted by Gasteiger charge is -2.22. The van der Waals surface area contributed by atoms with Gasteiger partial charge >= 0.3 is 0 Å². The molecule has 0 aliphatic heterocycles. The average Bonchev–Trinajstić information content (AvgIpc) is 2.14. The van der Waals surface area contributed by atoms with E-state index in [0.29, 0.717) is 5.78 Å². The molecule has 0 aromatic carbocycles. The molecule has 0 radical (unpaired) electrons. The lowest BCUT2D eigenvalue weighted by atomic mass is 9.83. The van der Waals surface area contributed by atoms with Gasteiger partial charge in [-0.15, -0.1) is 0 Å². The van der Waals surface area contributed by atoms with E-state index in [1.54, 1.807) is 0 Å². The first kappa shape index (κ1) is 12.7. The minimum Gasteiger partial charge on any atom is -0.300 e. The van der Waals surface area contributed by atoms with Gasteiger partial charge in [0.05, 0.1) is 0 Å². The molecule has 0 spiro atoms. The fraction of sp³-hybridized carbons (Fsp3) is 0.929. The van der Waals surface area contributed by atoms with Crippen molar-refractivity contribution in [2.75, 3.05) is 0 Å². The van der Waals surface area contributed by atoms with Crippen LogP contribution >= 0.6 is 0 Å². The summed E-state index contributed by atoms with van der Waals surface area (Å²) >= 11 is 0. The molecule has 88 valence electrons. The average molecular weight is 210 g/mol. The molecule has 1 aliphatic rings. The zero-order valence-electron chi connectivity index (χ0n) is 10.6. The second-order valence-electron chi connectivity index (χ2n) is 6.32. The molecule has 1 heteroatoms. The highest BCUT2D eigenvalue weighted by atomic mass is 16.1. The van der Waals surface area contributed by atoms with Gasteiger partial charge in [-0.3, -0.25) is 4.79 Å². The summed E-state index contributed by atoms with van der Waals surface area (Å²) in [6.45, 7) is 6.43. The summed E-state index contributed by atoms with van der Waals surface area (Å²) in [5.41, 5.74) is 0.170. The highest BCUT2D eigenvalue weighted by Crippen LogP contribution is 2.28. The lowest BCUT2D eigenvalue weighted by Crippen LogP contribution is -2.14. The van der Waals surface area contributed by atoms with Crippen molar-refractivity contribution in [3.05, 3.63) is 0 Å². The molecule has 15 heavy (non-hydrogen) atoms. The Balaban J connectivity index is 2.15. The quantitative estimate of drug-likeness (QED) is 0.674. The molecule has 0 atom stereocenters. The van der Waals surface area contributed by atoms with E-state index >= 15 is 0 Å². The molecule has 0 aromatic rings. The molecule has 1 saturated carbocycles. The molecule has 1 nitrogen and oxygen atoms in total. The zero-order valence-corrected chi connectivity index (χ0v) is 10.6. The number of ketones is 1. The Bertz CT molecular complexity index is 194. The van der Waals surface area contributed by atoms with Gasteiger partial charge in [-0.25, -0.2) is 0 Å². The van der Waals surface area contributed by atoms with Crippen LogP contribution in [0, 0.1) is 11.3 Å². The summed E-state index contributed by atoms with van der Waals surface area (Å²) in [6, 6.07) is 0. The van der Waals surface area contributed by atoms with E-state index in [1.807, 2.05) is 0 Å². The summed E-state index contributed by atoms with van der Waals surface area (Å²) in [5, 5.41) is 0. The third-order valence-electron chi connectivity index (χ3n) is 3.28. The molecule has 0 N–H and O–H groups in total. The zero-order chi connectivity index (χ0) is 11.3. The minimum absolute atomic E-state index is 0.170. The second kappa shape index (κ2) is 5.67. The number of hydrogen-bond donors (Lipinski definition) is 0. The van der Waals surface area contributed by atoms with Crippen molar-refractivity contribution in [2.24, 2.45) is 11.3 Å². The molecular weight excluding hydrogens is 184 g/mol. The largest absolute Gasteiger partial charge is 0.300 e. The van der Waals surface area contributed by atoms with Crippen molar-refractivity contribution in [1.82, 2.24) is 0 Å². The van der Waals surface area contributed by atoms with Gasteiger partial charge < -0.3 is 0 Å². The van der Waals surface area contributed by atoms with Gasteiger partial charge in [-0.1, -0.05) is 52.9 Å². The normalized spacial score (nSPS) is 19.1. The molecule has 0 heterocycles. The summed E-state index contributed by atoms with van der Waals surface area (Å²) < 4.78 is 0. The van der Waals surface area contributed by atoms with E-state index < -0.39 is 0 Å². The Morgan fingerprint density at radius 1 is 1.13 bits per heavy atom. The van der Waals surface area contributed by atoms with Gasteiger partial charge in [-0.05, 0) is 17.8 Å². The van der Waals surface area contributed by atoms with Crippen LogP contribution in [0.4, 0.5) is 0 Å². The summed E-state index contributed by atoms with van der Waals surface area (Å²) in [4.78, 5) is 11.7. The van der Waals surface area contributed by atoms with Crippen molar-refractivity contribution >= 4 is 5.78 Å². The van der Waals surface area contributed by atoms with Crippen LogP contribution in [0.2, 0.25) is 0 Å². The van der Waals surface area contributed by atoms with Crippen molar-refractivity contribution < 1.29 is 4.79 Å². The van der Waals surface area contributed by atoms with Crippen LogP contribution < -0.4 is 0 Å². The first-order valence-corrected chi connectivity index (χ1v) is 6.49. The Hall–Kier alpha value is -0.330. The maximum Gasteiger partial charge on any atom is 0.133 e. The van der Waals surface area contributed by atoms with Gasteiger partial charge in [0.25, 0.3) is 0 Å². The van der Waals surface area contributed by atoms with Gasteiger partial charge in [0.1, 0.15) is 5.78 Å². The van der Waals surface area contributed by atoms with Gasteiger partial charge in [-0.2, -0.15) is 0 Å². The highest BCUT2D eigenvalue weighted by Gasteiger charge is 2.18. The fourth-order valence-electron chi connectivity index (χ4n) is 2.52. The van der Waals surface area contributed by atoms with Crippen molar-refractivity contribution in [3.8, 4) is 0 Å². The van der Waals surface area contributed by atoms with E-state index in [2.05, 4.69) is 20.8 Å². The van der Waals surface area contributed by atoms with Gasteiger partial charge in [0.2, 0.25) is 0 Å². The monoisotopic (exact) mass is 210 g/mol. The maximum atomic E-state index is 11.7. The Kier molecular flexibility index (Phi) is 4.82. The first-order chi connectivity index (χ1) is 6.97. The van der Waals surface area contributed by atoms with Crippen molar-refractivity contribution in [2.45, 2.75) is 72.1 Å². The van der Waals surface area contributed by atoms with E-state index in [4.69, 9.17) is 0 Å². The SMILES string of the molecule is CC(C)(C)CC(=O)CCC1CCCCC1. The molecule has 0 unspecified atom stereocenters. The summed E-state index contributed by atoms with van der Waals surface area (Å²) in [5.74, 6) is 1.32. The number of carbonyl (C=O) groups is 1. The lowest BCUT2D eigenvalue weighted by molar-refractivity contribution is -0.121. The topological polar surface area (TPSA) is 17.1 Å². The molecule has 1 fully saturated rings. The van der Waals surface area contributed by atoms with Gasteiger partial charge in [0, 0.05) is 12.8 Å². The minimum atomic E-state index is 0.170. The molecule has 0 saturated heterocycles. The molecule has 0 aromatic heterocycles. The van der Waals surface area contributed by atoms with Crippen LogP contribution in [-0.2, 0) is 4.79 Å². The Morgan fingerprint density at radius 2 is 1.73 bits per heavy atom. The van der Waals surface area contributed by atoms with Crippen LogP contribution in [-0.4, -0.2) is 5.78 Å². The first-order valence-electron chi connectivity index (χ1n) is 6.49. The summed E-state index contributed by atoms with van der Waals surface area (Å²) in [7, 11) is 0. The maximum absolute atomic E-state index is 11.7. The predicted octanol–water partition coefficient (Wildman–Crippen LogP) is 4.35. The number of hydrogen-bond acceptors (Lipinski definition) is 1. The molecule has 0 bridgehead atoms. The van der Waals surface area contributed by atoms with Crippen LogP contribution in [0.3, 0.4) is 0 Å². The standard InChI is InChI=1S/C14H26O/c1-14(2,3)11-13(15)10-9-12-7-5-4-6-8-12/h12H,4-11H2,1-3H3. The second-order valence-corrected chi connectivity index (χ2v) is 6.32. The van der Waals surface area contributed by atoms with E-state index in [-0.39, 0.29) is 5.41 Å². The highest BCUT2D eigenvalue weighted by molar-refractivity contribution is 5.78. The van der Waals surface area contributed by atoms with Crippen molar-refractivity contribution in [1.29, 1.82) is 0 Å². The van der Waals surface area contributed by atoms with E-state index in [9.17, 15) is 4.79 Å². The summed E-state index contributed by atoms with van der Waals surface area (Å²) in [6.07, 6.45) is 9.63. The Morgan fingerprint density at radius 3 is 2.27 bits per heavy atom. The molecular formula is C14H26O. The molecule has 0 amide bonds. The van der Waals surface area contributed by atoms with E-state index in [0.717, 1.165) is 25.2 Å². The fourth-order valence-corrected chi connectivity index (χ4v) is 2.52. The van der Waals surface area contributed by atoms with E-state index in [1.165, 1.54) is 32.1 Å². The third kappa shape index (κ3) is 5.96. The molecule has 1 rings (SSSR count). The molecule has 1 aliphatic carbocycles. The number of carbonyl (C=O) groups excluding carboxylic acids is 1. The van der Waals surface area contributed by atoms with Crippen LogP contribution in [0.25, 0.3) is 0 Å². The van der Waals surface area contributed by atoms with Crippen molar-refractivity contribution in [3.63, 3.8) is 0 Å². The van der Waals surface area contributed by atoms with Crippen LogP contribution in [0.5, 0.6) is 0 Å². The van der Waals surface area contributed by atoms with Crippen LogP contribution in [0.1, 0.15) is 72.1 Å². The van der Waals surface area contributed by atoms with Gasteiger partial charge in [0.15, 0.2) is 0 Å². The third-order valence-corrected chi connectivity index (χ3v) is 3.28. The predicted molar refractivity (Wildman–Crippen MR) is 64.9 cm³/mol. The number of Topliss-reactive ketones (excluding diaryl/α,β-unsaturated/α-hetero) is 1. The smallest absolute Gasteiger partial charge is 0.133 e.